The van der Waals surface area contributed by atoms with E-state index in [1.54, 1.807) is 0 Å². The van der Waals surface area contributed by atoms with E-state index in [-0.39, 0.29) is 17.7 Å². The minimum atomic E-state index is -4.56. The zero-order valence-electron chi connectivity index (χ0n) is 10.3. The Morgan fingerprint density at radius 3 is 2.05 bits per heavy atom. The lowest BCUT2D eigenvalue weighted by molar-refractivity contribution is -0.157. The van der Waals surface area contributed by atoms with E-state index < -0.39 is 24.0 Å². The van der Waals surface area contributed by atoms with E-state index in [0.717, 1.165) is 12.1 Å². The molecule has 0 aliphatic carbocycles. The van der Waals surface area contributed by atoms with Crippen molar-refractivity contribution in [3.05, 3.63) is 34.9 Å². The highest BCUT2D eigenvalue weighted by atomic mass is 19.4. The van der Waals surface area contributed by atoms with Crippen molar-refractivity contribution in [3.8, 4) is 0 Å². The molecule has 0 spiro atoms. The molecule has 1 aromatic rings. The first kappa shape index (κ1) is 15.8. The highest BCUT2D eigenvalue weighted by molar-refractivity contribution is 5.35. The average Bonchev–Trinajstić information content (AvgIpc) is 2.23. The molecule has 0 amide bonds. The Morgan fingerprint density at radius 1 is 1.11 bits per heavy atom. The van der Waals surface area contributed by atoms with Crippen LogP contribution in [0.5, 0.6) is 0 Å². The summed E-state index contributed by atoms with van der Waals surface area (Å²) in [4.78, 5) is 0. The summed E-state index contributed by atoms with van der Waals surface area (Å²) in [6.07, 6.45) is -9.12. The third kappa shape index (κ3) is 3.86. The molecule has 0 aliphatic rings. The Morgan fingerprint density at radius 2 is 1.68 bits per heavy atom. The zero-order chi connectivity index (χ0) is 14.8. The molecule has 0 radical (unpaired) electrons. The fourth-order valence-corrected chi connectivity index (χ4v) is 1.78. The van der Waals surface area contributed by atoms with E-state index in [0.29, 0.717) is 6.07 Å². The second-order valence-corrected chi connectivity index (χ2v) is 4.10. The molecule has 0 bridgehead atoms. The second-order valence-electron chi connectivity index (χ2n) is 4.10. The third-order valence-corrected chi connectivity index (χ3v) is 2.64. The van der Waals surface area contributed by atoms with Crippen LogP contribution < -0.4 is 5.32 Å². The first-order valence-electron chi connectivity index (χ1n) is 5.55. The largest absolute Gasteiger partial charge is 0.416 e. The van der Waals surface area contributed by atoms with Gasteiger partial charge < -0.3 is 5.32 Å². The van der Waals surface area contributed by atoms with Crippen molar-refractivity contribution >= 4 is 0 Å². The molecule has 1 rings (SSSR count). The van der Waals surface area contributed by atoms with E-state index in [1.807, 2.05) is 0 Å². The fraction of sp³-hybridized carbons (Fsp3) is 0.500. The van der Waals surface area contributed by atoms with Gasteiger partial charge in [-0.25, -0.2) is 0 Å². The summed E-state index contributed by atoms with van der Waals surface area (Å²) in [7, 11) is 0. The summed E-state index contributed by atoms with van der Waals surface area (Å²) in [5.74, 6) is 0. The summed E-state index contributed by atoms with van der Waals surface area (Å²) in [6.45, 7) is 2.80. The standard InChI is InChI=1S/C12H13F6N/c1-3-19-10(12(16,17)18)9-5-4-8(6-7(9)2)11(13,14)15/h4-6,10,19H,3H2,1-2H3. The van der Waals surface area contributed by atoms with Crippen molar-refractivity contribution in [2.24, 2.45) is 0 Å². The molecule has 0 heterocycles. The van der Waals surface area contributed by atoms with Gasteiger partial charge in [0, 0.05) is 0 Å². The van der Waals surface area contributed by atoms with Gasteiger partial charge in [-0.15, -0.1) is 0 Å². The third-order valence-electron chi connectivity index (χ3n) is 2.64. The lowest BCUT2D eigenvalue weighted by Crippen LogP contribution is -2.34. The Balaban J connectivity index is 3.20. The highest BCUT2D eigenvalue weighted by Gasteiger charge is 2.41. The second kappa shape index (κ2) is 5.40. The van der Waals surface area contributed by atoms with Crippen molar-refractivity contribution < 1.29 is 26.3 Å². The molecular weight excluding hydrogens is 272 g/mol. The molecule has 7 heteroatoms. The predicted molar refractivity (Wildman–Crippen MR) is 58.7 cm³/mol. The van der Waals surface area contributed by atoms with Crippen LogP contribution in [0.3, 0.4) is 0 Å². The molecule has 1 aromatic carbocycles. The summed E-state index contributed by atoms with van der Waals surface area (Å²) >= 11 is 0. The van der Waals surface area contributed by atoms with Gasteiger partial charge in [-0.05, 0) is 36.7 Å². The van der Waals surface area contributed by atoms with Crippen molar-refractivity contribution in [3.63, 3.8) is 0 Å². The topological polar surface area (TPSA) is 12.0 Å². The molecule has 1 unspecified atom stereocenters. The number of aryl methyl sites for hydroxylation is 1. The van der Waals surface area contributed by atoms with Crippen molar-refractivity contribution in [1.29, 1.82) is 0 Å². The van der Waals surface area contributed by atoms with Gasteiger partial charge in [0.05, 0.1) is 5.56 Å². The molecular formula is C12H13F6N. The van der Waals surface area contributed by atoms with Gasteiger partial charge >= 0.3 is 12.4 Å². The number of alkyl halides is 6. The zero-order valence-corrected chi connectivity index (χ0v) is 10.3. The number of hydrogen-bond donors (Lipinski definition) is 1. The van der Waals surface area contributed by atoms with Gasteiger partial charge in [-0.2, -0.15) is 26.3 Å². The Bertz CT molecular complexity index is 435. The van der Waals surface area contributed by atoms with Crippen LogP contribution in [0.1, 0.15) is 29.7 Å². The molecule has 1 N–H and O–H groups in total. The average molecular weight is 285 g/mol. The Hall–Kier alpha value is -1.24. The van der Waals surface area contributed by atoms with E-state index in [9.17, 15) is 26.3 Å². The van der Waals surface area contributed by atoms with Gasteiger partial charge in [-0.1, -0.05) is 13.0 Å². The number of benzene rings is 1. The van der Waals surface area contributed by atoms with Crippen LogP contribution in [0.4, 0.5) is 26.3 Å². The van der Waals surface area contributed by atoms with E-state index in [2.05, 4.69) is 5.32 Å². The molecule has 1 atom stereocenters. The van der Waals surface area contributed by atoms with Crippen molar-refractivity contribution in [2.45, 2.75) is 32.2 Å². The minimum Gasteiger partial charge on any atom is -0.303 e. The Kier molecular flexibility index (Phi) is 4.50. The molecule has 0 aromatic heterocycles. The summed E-state index contributed by atoms with van der Waals surface area (Å²) in [5.41, 5.74) is -1.19. The van der Waals surface area contributed by atoms with Gasteiger partial charge in [0.25, 0.3) is 0 Å². The van der Waals surface area contributed by atoms with Crippen LogP contribution in [0.15, 0.2) is 18.2 Å². The quantitative estimate of drug-likeness (QED) is 0.820. The summed E-state index contributed by atoms with van der Waals surface area (Å²) < 4.78 is 75.8. The molecule has 0 fully saturated rings. The highest BCUT2D eigenvalue weighted by Crippen LogP contribution is 2.36. The van der Waals surface area contributed by atoms with Crippen LogP contribution in [0.25, 0.3) is 0 Å². The van der Waals surface area contributed by atoms with Gasteiger partial charge in [-0.3, -0.25) is 0 Å². The Labute approximate surface area is 106 Å². The van der Waals surface area contributed by atoms with Gasteiger partial charge in [0.1, 0.15) is 6.04 Å². The summed E-state index contributed by atoms with van der Waals surface area (Å²) in [5, 5.41) is 2.23. The first-order chi connectivity index (χ1) is 8.57. The molecule has 108 valence electrons. The smallest absolute Gasteiger partial charge is 0.303 e. The number of halogens is 6. The SMILES string of the molecule is CCNC(c1ccc(C(F)(F)F)cc1C)C(F)(F)F. The maximum absolute atomic E-state index is 12.8. The van der Waals surface area contributed by atoms with Gasteiger partial charge in [0.2, 0.25) is 0 Å². The van der Waals surface area contributed by atoms with Crippen molar-refractivity contribution in [1.82, 2.24) is 5.32 Å². The number of nitrogens with one attached hydrogen (secondary N) is 1. The van der Waals surface area contributed by atoms with Crippen LogP contribution >= 0.6 is 0 Å². The molecule has 0 saturated heterocycles. The first-order valence-corrected chi connectivity index (χ1v) is 5.55. The van der Waals surface area contributed by atoms with Crippen LogP contribution in [0, 0.1) is 6.92 Å². The molecule has 1 nitrogen and oxygen atoms in total. The lowest BCUT2D eigenvalue weighted by Gasteiger charge is -2.23. The van der Waals surface area contributed by atoms with Gasteiger partial charge in [0.15, 0.2) is 0 Å². The number of rotatable bonds is 3. The minimum absolute atomic E-state index is 0.0434. The maximum Gasteiger partial charge on any atom is 0.416 e. The van der Waals surface area contributed by atoms with Crippen molar-refractivity contribution in [2.75, 3.05) is 6.54 Å². The molecule has 0 aliphatic heterocycles. The number of hydrogen-bond acceptors (Lipinski definition) is 1. The lowest BCUT2D eigenvalue weighted by atomic mass is 9.98. The van der Waals surface area contributed by atoms with Crippen LogP contribution in [-0.2, 0) is 6.18 Å². The monoisotopic (exact) mass is 285 g/mol. The molecule has 19 heavy (non-hydrogen) atoms. The maximum atomic E-state index is 12.8. The van der Waals surface area contributed by atoms with Crippen LogP contribution in [0.2, 0.25) is 0 Å². The fourth-order valence-electron chi connectivity index (χ4n) is 1.78. The van der Waals surface area contributed by atoms with E-state index in [1.165, 1.54) is 13.8 Å². The predicted octanol–water partition coefficient (Wildman–Crippen LogP) is 4.23. The normalized spacial score (nSPS) is 14.5. The molecule has 0 saturated carbocycles. The summed E-state index contributed by atoms with van der Waals surface area (Å²) in [6, 6.07) is 0.308. The van der Waals surface area contributed by atoms with E-state index in [4.69, 9.17) is 0 Å². The van der Waals surface area contributed by atoms with Crippen LogP contribution in [-0.4, -0.2) is 12.7 Å². The van der Waals surface area contributed by atoms with E-state index >= 15 is 0 Å².